The molecule has 9 nitrogen and oxygen atoms in total. The fraction of sp³-hybridized carbons (Fsp3) is 0.444. The number of nitrogens with two attached hydrogens (primary N) is 1. The van der Waals surface area contributed by atoms with Gasteiger partial charge in [0.15, 0.2) is 11.6 Å². The van der Waals surface area contributed by atoms with E-state index in [1.54, 1.807) is 9.47 Å². The Balaban J connectivity index is 1.86. The van der Waals surface area contributed by atoms with Gasteiger partial charge in [0.05, 0.1) is 17.6 Å². The number of aromatic nitrogens is 2. The Bertz CT molecular complexity index is 1050. The average Bonchev–Trinajstić information content (AvgIpc) is 3.42. The smallest absolute Gasteiger partial charge is 0.341 e. The molecule has 1 atom stereocenters. The number of hydrogen-bond donors (Lipinski definition) is 2. The molecule has 4 rings (SSSR count). The van der Waals surface area contributed by atoms with Crippen molar-refractivity contribution in [2.45, 2.75) is 18.9 Å². The van der Waals surface area contributed by atoms with Gasteiger partial charge in [0.2, 0.25) is 5.43 Å². The maximum Gasteiger partial charge on any atom is 0.341 e. The molecule has 2 aliphatic rings. The molecule has 2 aromatic rings. The van der Waals surface area contributed by atoms with Crippen molar-refractivity contribution in [3.63, 3.8) is 0 Å². The van der Waals surface area contributed by atoms with Crippen molar-refractivity contribution in [1.29, 1.82) is 0 Å². The number of fused-ring (bicyclic) bond motifs is 1. The van der Waals surface area contributed by atoms with Crippen LogP contribution in [0.15, 0.2) is 22.2 Å². The number of carbonyl (C=O) groups is 1. The van der Waals surface area contributed by atoms with Crippen molar-refractivity contribution >= 4 is 28.5 Å². The molecule has 1 saturated carbocycles. The van der Waals surface area contributed by atoms with Crippen molar-refractivity contribution < 1.29 is 19.1 Å². The average molecular weight is 389 g/mol. The van der Waals surface area contributed by atoms with Gasteiger partial charge in [-0.3, -0.25) is 4.79 Å². The minimum absolute atomic E-state index is 0.0339. The van der Waals surface area contributed by atoms with Crippen LogP contribution in [0.4, 0.5) is 10.2 Å². The Hall–Kier alpha value is -3.01. The molecule has 0 spiro atoms. The van der Waals surface area contributed by atoms with Gasteiger partial charge in [-0.05, 0) is 18.9 Å². The Morgan fingerprint density at radius 2 is 2.25 bits per heavy atom. The maximum absolute atomic E-state index is 14.9. The molecular formula is C18H20FN5O4. The molecule has 1 aliphatic carbocycles. The summed E-state index contributed by atoms with van der Waals surface area (Å²) in [5.74, 6) is -2.03. The van der Waals surface area contributed by atoms with Gasteiger partial charge in [0.25, 0.3) is 0 Å². The summed E-state index contributed by atoms with van der Waals surface area (Å²) in [5, 5.41) is 13.2. The first-order valence-electron chi connectivity index (χ1n) is 8.98. The number of oxime groups is 1. The summed E-state index contributed by atoms with van der Waals surface area (Å²) in [7, 11) is 1.44. The van der Waals surface area contributed by atoms with Crippen LogP contribution in [-0.4, -0.2) is 53.1 Å². The Labute approximate surface area is 159 Å². The highest BCUT2D eigenvalue weighted by atomic mass is 19.1. The molecule has 0 bridgehead atoms. The zero-order valence-corrected chi connectivity index (χ0v) is 15.3. The second-order valence-corrected chi connectivity index (χ2v) is 7.06. The van der Waals surface area contributed by atoms with E-state index in [2.05, 4.69) is 10.1 Å². The highest BCUT2D eigenvalue weighted by molar-refractivity contribution is 5.95. The molecule has 0 radical (unpaired) electrons. The Kier molecular flexibility index (Phi) is 4.50. The Morgan fingerprint density at radius 1 is 1.50 bits per heavy atom. The van der Waals surface area contributed by atoms with Crippen LogP contribution in [0.25, 0.3) is 11.0 Å². The first kappa shape index (κ1) is 18.4. The minimum atomic E-state index is -1.34. The minimum Gasteiger partial charge on any atom is -0.477 e. The van der Waals surface area contributed by atoms with Crippen molar-refractivity contribution in [1.82, 2.24) is 9.55 Å². The molecule has 0 aromatic carbocycles. The first-order chi connectivity index (χ1) is 13.4. The normalized spacial score (nSPS) is 20.9. The van der Waals surface area contributed by atoms with Crippen LogP contribution in [0.2, 0.25) is 0 Å². The lowest BCUT2D eigenvalue weighted by Gasteiger charge is -2.19. The number of halogens is 1. The molecule has 2 fully saturated rings. The van der Waals surface area contributed by atoms with Gasteiger partial charge in [-0.15, -0.1) is 0 Å². The number of carboxylic acids is 1. The lowest BCUT2D eigenvalue weighted by Crippen LogP contribution is -2.26. The van der Waals surface area contributed by atoms with Crippen molar-refractivity contribution in [3.05, 3.63) is 33.9 Å². The topological polar surface area (TPSA) is 123 Å². The summed E-state index contributed by atoms with van der Waals surface area (Å²) >= 11 is 0. The summed E-state index contributed by atoms with van der Waals surface area (Å²) in [6.45, 7) is 1.07. The van der Waals surface area contributed by atoms with E-state index in [1.807, 2.05) is 0 Å². The zero-order valence-electron chi connectivity index (χ0n) is 15.3. The van der Waals surface area contributed by atoms with E-state index in [4.69, 9.17) is 10.6 Å². The lowest BCUT2D eigenvalue weighted by atomic mass is 10.1. The fourth-order valence-corrected chi connectivity index (χ4v) is 3.60. The molecule has 1 saturated heterocycles. The largest absolute Gasteiger partial charge is 0.477 e. The van der Waals surface area contributed by atoms with Crippen molar-refractivity contribution in [3.8, 4) is 0 Å². The summed E-state index contributed by atoms with van der Waals surface area (Å²) in [4.78, 5) is 34.9. The van der Waals surface area contributed by atoms with Gasteiger partial charge in [0.1, 0.15) is 18.3 Å². The molecule has 28 heavy (non-hydrogen) atoms. The molecule has 10 heteroatoms. The quantitative estimate of drug-likeness (QED) is 0.730. The van der Waals surface area contributed by atoms with Gasteiger partial charge < -0.3 is 25.1 Å². The number of anilines is 1. The molecule has 0 amide bonds. The summed E-state index contributed by atoms with van der Waals surface area (Å²) in [6.07, 6.45) is 3.02. The van der Waals surface area contributed by atoms with Crippen LogP contribution in [-0.2, 0) is 4.84 Å². The van der Waals surface area contributed by atoms with E-state index in [-0.39, 0.29) is 34.4 Å². The van der Waals surface area contributed by atoms with Gasteiger partial charge in [-0.1, -0.05) is 5.16 Å². The molecule has 148 valence electrons. The van der Waals surface area contributed by atoms with Gasteiger partial charge >= 0.3 is 5.97 Å². The van der Waals surface area contributed by atoms with Crippen molar-refractivity contribution in [2.75, 3.05) is 31.6 Å². The number of rotatable bonds is 5. The highest BCUT2D eigenvalue weighted by Crippen LogP contribution is 2.37. The van der Waals surface area contributed by atoms with Crippen LogP contribution < -0.4 is 16.1 Å². The van der Waals surface area contributed by atoms with Crippen LogP contribution in [0.3, 0.4) is 0 Å². The third kappa shape index (κ3) is 2.99. The summed E-state index contributed by atoms with van der Waals surface area (Å²) < 4.78 is 16.5. The molecule has 1 unspecified atom stereocenters. The third-order valence-electron chi connectivity index (χ3n) is 5.17. The molecule has 1 aliphatic heterocycles. The van der Waals surface area contributed by atoms with Crippen LogP contribution >= 0.6 is 0 Å². The monoisotopic (exact) mass is 389 g/mol. The van der Waals surface area contributed by atoms with Crippen molar-refractivity contribution in [2.24, 2.45) is 16.8 Å². The van der Waals surface area contributed by atoms with Crippen LogP contribution in [0, 0.1) is 11.7 Å². The van der Waals surface area contributed by atoms with E-state index in [1.165, 1.54) is 13.3 Å². The number of carboxylic acid groups (broad SMARTS) is 1. The lowest BCUT2D eigenvalue weighted by molar-refractivity contribution is 0.0695. The van der Waals surface area contributed by atoms with Gasteiger partial charge in [-0.25, -0.2) is 14.2 Å². The van der Waals surface area contributed by atoms with Gasteiger partial charge in [-0.2, -0.15) is 0 Å². The molecule has 3 heterocycles. The predicted molar refractivity (Wildman–Crippen MR) is 100 cm³/mol. The zero-order chi connectivity index (χ0) is 20.0. The first-order valence-corrected chi connectivity index (χ1v) is 8.98. The van der Waals surface area contributed by atoms with E-state index in [0.717, 1.165) is 18.9 Å². The predicted octanol–water partition coefficient (Wildman–Crippen LogP) is 0.966. The number of aromatic carboxylic acids is 1. The second-order valence-electron chi connectivity index (χ2n) is 7.06. The highest BCUT2D eigenvalue weighted by Gasteiger charge is 2.33. The molecular weight excluding hydrogens is 369 g/mol. The van der Waals surface area contributed by atoms with E-state index in [9.17, 15) is 19.1 Å². The standard InChI is InChI=1S/C18H20FN5O4/c1-28-22-14-8-23(6-9(14)5-20)17-13(19)4-11-15(25)12(18(26)27)7-24(10-2-3-10)16(11)21-17/h4,7,9-10H,2-3,5-6,8,20H2,1H3,(H,26,27)/b22-14-. The van der Waals surface area contributed by atoms with E-state index in [0.29, 0.717) is 25.3 Å². The summed E-state index contributed by atoms with van der Waals surface area (Å²) in [6, 6.07) is 1.14. The SMILES string of the molecule is CO/N=C1/CN(c2nc3c(cc2F)c(=O)c(C(=O)O)cn3C2CC2)CC1CN. The second kappa shape index (κ2) is 6.86. The number of hydrogen-bond acceptors (Lipinski definition) is 7. The Morgan fingerprint density at radius 3 is 2.86 bits per heavy atom. The number of nitrogens with zero attached hydrogens (tertiary/aromatic N) is 4. The van der Waals surface area contributed by atoms with Gasteiger partial charge in [0, 0.05) is 31.2 Å². The molecule has 2 aromatic heterocycles. The number of pyridine rings is 2. The van der Waals surface area contributed by atoms with Crippen LogP contribution in [0.5, 0.6) is 0 Å². The summed E-state index contributed by atoms with van der Waals surface area (Å²) in [5.41, 5.74) is 5.65. The van der Waals surface area contributed by atoms with Crippen LogP contribution in [0.1, 0.15) is 29.2 Å². The molecule has 3 N–H and O–H groups in total. The third-order valence-corrected chi connectivity index (χ3v) is 5.17. The maximum atomic E-state index is 14.9. The van der Waals surface area contributed by atoms with E-state index >= 15 is 0 Å². The van der Waals surface area contributed by atoms with E-state index < -0.39 is 17.2 Å². The fourth-order valence-electron chi connectivity index (χ4n) is 3.60.